The van der Waals surface area contributed by atoms with E-state index in [4.69, 9.17) is 10.5 Å². The van der Waals surface area contributed by atoms with E-state index in [2.05, 4.69) is 22.2 Å². The highest BCUT2D eigenvalue weighted by Crippen LogP contribution is 2.27. The fourth-order valence-electron chi connectivity index (χ4n) is 2.86. The number of anilines is 1. The standard InChI is InChI=1S/C16H17N3O3.C4H11N.ClH/c1-2-22-14-6-7-17-9-12(14)19-16(21)10-8-18-11-4-3-5-13(20)15(10)11;1-2-3-4-5;/h6-9,18H,2-5H2,1H3,(H,19,21);2-5H2,1H3;1H. The number of fused-ring (bicyclic) bond motifs is 1. The third-order valence-electron chi connectivity index (χ3n) is 4.20. The topological polar surface area (TPSA) is 110 Å². The summed E-state index contributed by atoms with van der Waals surface area (Å²) < 4.78 is 5.46. The first kappa shape index (κ1) is 23.7. The number of halogens is 1. The first-order valence-electron chi connectivity index (χ1n) is 9.44. The van der Waals surface area contributed by atoms with Crippen LogP contribution in [0.1, 0.15) is 65.9 Å². The van der Waals surface area contributed by atoms with Crippen LogP contribution in [0.2, 0.25) is 0 Å². The number of amides is 1. The number of carbonyl (C=O) groups is 2. The number of ketones is 1. The molecular formula is C20H29ClN4O3. The largest absolute Gasteiger partial charge is 0.492 e. The molecule has 0 fully saturated rings. The summed E-state index contributed by atoms with van der Waals surface area (Å²) in [5, 5.41) is 2.77. The lowest BCUT2D eigenvalue weighted by molar-refractivity contribution is 0.0956. The SMILES string of the molecule is CCCCN.CCOc1ccncc1NC(=O)c1c[nH]c2c1C(=O)CCC2.Cl. The number of ether oxygens (including phenoxy) is 1. The molecule has 2 aromatic heterocycles. The summed E-state index contributed by atoms with van der Waals surface area (Å²) >= 11 is 0. The molecule has 0 radical (unpaired) electrons. The highest BCUT2D eigenvalue weighted by molar-refractivity contribution is 6.13. The number of carbonyl (C=O) groups excluding carboxylic acids is 2. The Kier molecular flexibility index (Phi) is 10.3. The molecule has 0 atom stereocenters. The summed E-state index contributed by atoms with van der Waals surface area (Å²) in [6.07, 6.45) is 9.22. The van der Waals surface area contributed by atoms with Crippen molar-refractivity contribution in [3.63, 3.8) is 0 Å². The number of hydrogen-bond acceptors (Lipinski definition) is 5. The van der Waals surface area contributed by atoms with Gasteiger partial charge >= 0.3 is 0 Å². The van der Waals surface area contributed by atoms with Crippen LogP contribution in [-0.2, 0) is 6.42 Å². The van der Waals surface area contributed by atoms with E-state index < -0.39 is 0 Å². The van der Waals surface area contributed by atoms with Gasteiger partial charge in [0.05, 0.1) is 23.9 Å². The fraction of sp³-hybridized carbons (Fsp3) is 0.450. The van der Waals surface area contributed by atoms with E-state index in [1.54, 1.807) is 18.5 Å². The van der Waals surface area contributed by atoms with Gasteiger partial charge in [-0.25, -0.2) is 0 Å². The van der Waals surface area contributed by atoms with E-state index >= 15 is 0 Å². The molecule has 0 aliphatic heterocycles. The van der Waals surface area contributed by atoms with Crippen LogP contribution < -0.4 is 15.8 Å². The molecule has 0 unspecified atom stereocenters. The van der Waals surface area contributed by atoms with Crippen LogP contribution in [0.4, 0.5) is 5.69 Å². The van der Waals surface area contributed by atoms with Crippen molar-refractivity contribution >= 4 is 29.8 Å². The van der Waals surface area contributed by atoms with E-state index in [-0.39, 0.29) is 24.1 Å². The van der Waals surface area contributed by atoms with Gasteiger partial charge in [-0.2, -0.15) is 0 Å². The summed E-state index contributed by atoms with van der Waals surface area (Å²) in [6, 6.07) is 1.69. The summed E-state index contributed by atoms with van der Waals surface area (Å²) in [6.45, 7) is 5.33. The van der Waals surface area contributed by atoms with Crippen molar-refractivity contribution in [1.82, 2.24) is 9.97 Å². The first-order valence-corrected chi connectivity index (χ1v) is 9.44. The van der Waals surface area contributed by atoms with E-state index in [1.807, 2.05) is 6.92 Å². The number of unbranched alkanes of at least 4 members (excludes halogenated alkanes) is 1. The molecule has 8 heteroatoms. The Morgan fingerprint density at radius 3 is 2.79 bits per heavy atom. The average Bonchev–Trinajstić information content (AvgIpc) is 3.10. The Morgan fingerprint density at radius 1 is 1.36 bits per heavy atom. The van der Waals surface area contributed by atoms with E-state index in [0.717, 1.165) is 25.1 Å². The van der Waals surface area contributed by atoms with Gasteiger partial charge in [0, 0.05) is 30.6 Å². The molecule has 154 valence electrons. The first-order chi connectivity index (χ1) is 13.1. The molecule has 0 aromatic carbocycles. The number of pyridine rings is 1. The second kappa shape index (κ2) is 12.2. The number of aromatic nitrogens is 2. The van der Waals surface area contributed by atoms with Crippen LogP contribution >= 0.6 is 12.4 Å². The van der Waals surface area contributed by atoms with Gasteiger partial charge < -0.3 is 20.8 Å². The summed E-state index contributed by atoms with van der Waals surface area (Å²) in [5.41, 5.74) is 7.38. The summed E-state index contributed by atoms with van der Waals surface area (Å²) in [4.78, 5) is 31.6. The smallest absolute Gasteiger partial charge is 0.258 e. The van der Waals surface area contributed by atoms with Gasteiger partial charge in [-0.15, -0.1) is 12.4 Å². The quantitative estimate of drug-likeness (QED) is 0.674. The van der Waals surface area contributed by atoms with Crippen molar-refractivity contribution in [3.05, 3.63) is 41.5 Å². The molecule has 7 nitrogen and oxygen atoms in total. The monoisotopic (exact) mass is 408 g/mol. The average molecular weight is 409 g/mol. The number of H-pyrrole nitrogens is 1. The predicted molar refractivity (Wildman–Crippen MR) is 113 cm³/mol. The number of aromatic amines is 1. The van der Waals surface area contributed by atoms with Crippen molar-refractivity contribution in [2.45, 2.75) is 46.0 Å². The van der Waals surface area contributed by atoms with Gasteiger partial charge in [-0.1, -0.05) is 13.3 Å². The second-order valence-electron chi connectivity index (χ2n) is 6.23. The van der Waals surface area contributed by atoms with Crippen molar-refractivity contribution < 1.29 is 14.3 Å². The number of hydrogen-bond donors (Lipinski definition) is 3. The van der Waals surface area contributed by atoms with Crippen molar-refractivity contribution in [1.29, 1.82) is 0 Å². The van der Waals surface area contributed by atoms with Crippen molar-refractivity contribution in [2.24, 2.45) is 5.73 Å². The Bertz CT molecular complexity index is 775. The zero-order chi connectivity index (χ0) is 19.6. The molecule has 1 aliphatic carbocycles. The van der Waals surface area contributed by atoms with Gasteiger partial charge in [0.1, 0.15) is 11.4 Å². The number of nitrogens with zero attached hydrogens (tertiary/aromatic N) is 1. The number of nitrogens with one attached hydrogen (secondary N) is 2. The van der Waals surface area contributed by atoms with Gasteiger partial charge in [0.2, 0.25) is 0 Å². The molecular weight excluding hydrogens is 380 g/mol. The van der Waals surface area contributed by atoms with E-state index in [1.165, 1.54) is 19.0 Å². The van der Waals surface area contributed by atoms with Crippen LogP contribution in [0.3, 0.4) is 0 Å². The molecule has 1 aliphatic rings. The van der Waals surface area contributed by atoms with Gasteiger partial charge in [0.15, 0.2) is 5.78 Å². The number of rotatable bonds is 6. The minimum Gasteiger partial charge on any atom is -0.492 e. The van der Waals surface area contributed by atoms with E-state index in [0.29, 0.717) is 35.6 Å². The number of nitrogens with two attached hydrogens (primary N) is 1. The zero-order valence-electron chi connectivity index (χ0n) is 16.4. The predicted octanol–water partition coefficient (Wildman–Crippen LogP) is 3.75. The van der Waals surface area contributed by atoms with Crippen LogP contribution in [-0.4, -0.2) is 34.8 Å². The highest BCUT2D eigenvalue weighted by Gasteiger charge is 2.26. The highest BCUT2D eigenvalue weighted by atomic mass is 35.5. The molecule has 2 heterocycles. The molecule has 3 rings (SSSR count). The molecule has 28 heavy (non-hydrogen) atoms. The Balaban J connectivity index is 0.000000584. The lowest BCUT2D eigenvalue weighted by Gasteiger charge is -2.13. The lowest BCUT2D eigenvalue weighted by Crippen LogP contribution is -2.18. The molecule has 0 saturated heterocycles. The maximum Gasteiger partial charge on any atom is 0.258 e. The normalized spacial score (nSPS) is 12.2. The molecule has 2 aromatic rings. The fourth-order valence-corrected chi connectivity index (χ4v) is 2.86. The number of aryl methyl sites for hydroxylation is 1. The van der Waals surface area contributed by atoms with Crippen LogP contribution in [0, 0.1) is 0 Å². The maximum absolute atomic E-state index is 12.5. The van der Waals surface area contributed by atoms with E-state index in [9.17, 15) is 9.59 Å². The minimum atomic E-state index is -0.332. The van der Waals surface area contributed by atoms with Gasteiger partial charge in [-0.3, -0.25) is 14.6 Å². The molecule has 0 bridgehead atoms. The maximum atomic E-state index is 12.5. The summed E-state index contributed by atoms with van der Waals surface area (Å²) in [5.74, 6) is 0.243. The third kappa shape index (κ3) is 6.07. The second-order valence-corrected chi connectivity index (χ2v) is 6.23. The zero-order valence-corrected chi connectivity index (χ0v) is 17.2. The third-order valence-corrected chi connectivity index (χ3v) is 4.20. The van der Waals surface area contributed by atoms with Gasteiger partial charge in [0.25, 0.3) is 5.91 Å². The van der Waals surface area contributed by atoms with Crippen molar-refractivity contribution in [2.75, 3.05) is 18.5 Å². The Hall–Kier alpha value is -2.38. The molecule has 0 spiro atoms. The number of Topliss-reactive ketones (excluding diaryl/α,β-unsaturated/α-hetero) is 1. The Labute approximate surface area is 171 Å². The van der Waals surface area contributed by atoms with Crippen LogP contribution in [0.5, 0.6) is 5.75 Å². The lowest BCUT2D eigenvalue weighted by atomic mass is 9.93. The molecule has 4 N–H and O–H groups in total. The molecule has 0 saturated carbocycles. The van der Waals surface area contributed by atoms with Crippen LogP contribution in [0.25, 0.3) is 0 Å². The van der Waals surface area contributed by atoms with Crippen LogP contribution in [0.15, 0.2) is 24.7 Å². The van der Waals surface area contributed by atoms with Crippen molar-refractivity contribution in [3.8, 4) is 5.75 Å². The summed E-state index contributed by atoms with van der Waals surface area (Å²) in [7, 11) is 0. The molecule has 1 amide bonds. The Morgan fingerprint density at radius 2 is 2.14 bits per heavy atom. The van der Waals surface area contributed by atoms with Gasteiger partial charge in [-0.05, 0) is 32.7 Å². The minimum absolute atomic E-state index is 0.